The van der Waals surface area contributed by atoms with Crippen molar-refractivity contribution >= 4 is 40.0 Å². The average molecular weight is 359 g/mol. The van der Waals surface area contributed by atoms with Gasteiger partial charge in [0.1, 0.15) is 5.82 Å². The Kier molecular flexibility index (Phi) is 5.53. The van der Waals surface area contributed by atoms with Crippen LogP contribution in [-0.2, 0) is 0 Å². The number of benzene rings is 1. The lowest BCUT2D eigenvalue weighted by atomic mass is 9.86. The average Bonchev–Trinajstić information content (AvgIpc) is 2.60. The van der Waals surface area contributed by atoms with Crippen molar-refractivity contribution in [1.82, 2.24) is 15.3 Å². The van der Waals surface area contributed by atoms with Crippen LogP contribution in [0, 0.1) is 5.92 Å². The lowest BCUT2D eigenvalue weighted by Crippen LogP contribution is -2.36. The number of nitrogens with two attached hydrogens (primary N) is 1. The Hall–Kier alpha value is -2.15. The summed E-state index contributed by atoms with van der Waals surface area (Å²) in [5, 5.41) is 8.08. The molecule has 0 bridgehead atoms. The summed E-state index contributed by atoms with van der Waals surface area (Å²) in [5.41, 5.74) is 6.48. The first-order valence-corrected chi connectivity index (χ1v) is 9.17. The number of hydrogen-bond donors (Lipinski definition) is 3. The molecule has 1 aromatic heterocycles. The highest BCUT2D eigenvalue weighted by Crippen LogP contribution is 2.28. The van der Waals surface area contributed by atoms with Crippen LogP contribution in [0.1, 0.15) is 25.7 Å². The third kappa shape index (κ3) is 4.48. The molecule has 3 rings (SSSR count). The smallest absolute Gasteiger partial charge is 0.225 e. The minimum atomic E-state index is 0.390. The van der Waals surface area contributed by atoms with Gasteiger partial charge in [0.15, 0.2) is 5.11 Å². The predicted molar refractivity (Wildman–Crippen MR) is 108 cm³/mol. The number of fused-ring (bicyclic) bond motifs is 1. The van der Waals surface area contributed by atoms with Crippen molar-refractivity contribution < 1.29 is 0 Å². The van der Waals surface area contributed by atoms with Crippen molar-refractivity contribution in [3.05, 3.63) is 24.3 Å². The fourth-order valence-corrected chi connectivity index (χ4v) is 3.49. The molecule has 6 nitrogen and oxygen atoms in total. The van der Waals surface area contributed by atoms with E-state index < -0.39 is 0 Å². The second-order valence-corrected chi connectivity index (χ2v) is 7.33. The van der Waals surface area contributed by atoms with Crippen LogP contribution < -0.4 is 21.3 Å². The largest absolute Gasteiger partial charge is 0.376 e. The monoisotopic (exact) mass is 358 g/mol. The molecule has 7 heteroatoms. The van der Waals surface area contributed by atoms with Gasteiger partial charge in [0, 0.05) is 32.1 Å². The molecule has 1 aromatic carbocycles. The summed E-state index contributed by atoms with van der Waals surface area (Å²) in [6.07, 6.45) is 4.52. The lowest BCUT2D eigenvalue weighted by Gasteiger charge is -2.29. The van der Waals surface area contributed by atoms with Gasteiger partial charge in [-0.05, 0) is 56.0 Å². The van der Waals surface area contributed by atoms with E-state index in [-0.39, 0.29) is 0 Å². The number of thiocarbonyl (C=S) groups is 1. The van der Waals surface area contributed by atoms with Crippen LogP contribution in [0.2, 0.25) is 0 Å². The van der Waals surface area contributed by atoms with Crippen LogP contribution in [0.4, 0.5) is 11.8 Å². The summed E-state index contributed by atoms with van der Waals surface area (Å²) >= 11 is 4.88. The summed E-state index contributed by atoms with van der Waals surface area (Å²) < 4.78 is 0. The fraction of sp³-hybridized carbons (Fsp3) is 0.500. The number of nitrogens with one attached hydrogen (secondary N) is 2. The van der Waals surface area contributed by atoms with Gasteiger partial charge in [0.2, 0.25) is 5.95 Å². The highest BCUT2D eigenvalue weighted by Gasteiger charge is 2.22. The van der Waals surface area contributed by atoms with Gasteiger partial charge in [-0.1, -0.05) is 12.1 Å². The third-order valence-electron chi connectivity index (χ3n) is 4.75. The zero-order chi connectivity index (χ0) is 17.8. The summed E-state index contributed by atoms with van der Waals surface area (Å²) in [6.45, 7) is 0.874. The Balaban J connectivity index is 1.67. The zero-order valence-corrected chi connectivity index (χ0v) is 15.6. The molecule has 1 aliphatic carbocycles. The van der Waals surface area contributed by atoms with Crippen LogP contribution in [-0.4, -0.2) is 41.8 Å². The molecule has 0 radical (unpaired) electrons. The van der Waals surface area contributed by atoms with Gasteiger partial charge >= 0.3 is 0 Å². The fourth-order valence-electron chi connectivity index (χ4n) is 3.40. The van der Waals surface area contributed by atoms with Crippen molar-refractivity contribution in [3.8, 4) is 0 Å². The van der Waals surface area contributed by atoms with E-state index in [0.717, 1.165) is 48.9 Å². The normalized spacial score (nSPS) is 20.2. The molecule has 4 N–H and O–H groups in total. The lowest BCUT2D eigenvalue weighted by molar-refractivity contribution is 0.336. The van der Waals surface area contributed by atoms with Crippen LogP contribution in [0.25, 0.3) is 10.9 Å². The van der Waals surface area contributed by atoms with Crippen LogP contribution in [0.5, 0.6) is 0 Å². The van der Waals surface area contributed by atoms with Gasteiger partial charge in [0.05, 0.1) is 5.52 Å². The Labute approximate surface area is 154 Å². The summed E-state index contributed by atoms with van der Waals surface area (Å²) in [4.78, 5) is 11.5. The molecule has 1 saturated carbocycles. The molecule has 25 heavy (non-hydrogen) atoms. The molecule has 0 aliphatic heterocycles. The molecular weight excluding hydrogens is 332 g/mol. The molecule has 2 aromatic rings. The molecular formula is C18H26N6S. The first-order chi connectivity index (χ1) is 12.0. The third-order valence-corrected chi connectivity index (χ3v) is 4.90. The second kappa shape index (κ2) is 7.82. The summed E-state index contributed by atoms with van der Waals surface area (Å²) in [5.74, 6) is 2.30. The molecule has 134 valence electrons. The quantitative estimate of drug-likeness (QED) is 0.709. The number of hydrogen-bond acceptors (Lipinski definition) is 5. The number of rotatable bonds is 5. The maximum Gasteiger partial charge on any atom is 0.225 e. The highest BCUT2D eigenvalue weighted by atomic mass is 32.1. The van der Waals surface area contributed by atoms with Gasteiger partial charge in [-0.25, -0.2) is 4.98 Å². The van der Waals surface area contributed by atoms with E-state index in [2.05, 4.69) is 16.7 Å². The Morgan fingerprint density at radius 2 is 1.92 bits per heavy atom. The van der Waals surface area contributed by atoms with Crippen molar-refractivity contribution in [2.75, 3.05) is 30.9 Å². The Morgan fingerprint density at radius 1 is 1.20 bits per heavy atom. The highest BCUT2D eigenvalue weighted by molar-refractivity contribution is 7.80. The second-order valence-electron chi connectivity index (χ2n) is 6.89. The van der Waals surface area contributed by atoms with E-state index in [1.165, 1.54) is 0 Å². The van der Waals surface area contributed by atoms with Gasteiger partial charge in [0.25, 0.3) is 0 Å². The van der Waals surface area contributed by atoms with Crippen LogP contribution in [0.15, 0.2) is 24.3 Å². The molecule has 0 unspecified atom stereocenters. The molecule has 0 spiro atoms. The maximum atomic E-state index is 5.51. The number of aromatic nitrogens is 2. The van der Waals surface area contributed by atoms with Gasteiger partial charge in [-0.15, -0.1) is 0 Å². The number of para-hydroxylation sites is 1. The van der Waals surface area contributed by atoms with Gasteiger partial charge in [-0.2, -0.15) is 4.98 Å². The maximum absolute atomic E-state index is 5.51. The summed E-state index contributed by atoms with van der Waals surface area (Å²) in [7, 11) is 4.03. The minimum absolute atomic E-state index is 0.390. The van der Waals surface area contributed by atoms with Crippen molar-refractivity contribution in [3.63, 3.8) is 0 Å². The van der Waals surface area contributed by atoms with Crippen molar-refractivity contribution in [2.45, 2.75) is 31.7 Å². The molecule has 1 aliphatic rings. The predicted octanol–water partition coefficient (Wildman–Crippen LogP) is 2.50. The first-order valence-electron chi connectivity index (χ1n) is 8.77. The minimum Gasteiger partial charge on any atom is -0.376 e. The number of anilines is 2. The van der Waals surface area contributed by atoms with E-state index in [4.69, 9.17) is 27.9 Å². The van der Waals surface area contributed by atoms with E-state index >= 15 is 0 Å². The van der Waals surface area contributed by atoms with E-state index in [9.17, 15) is 0 Å². The standard InChI is InChI=1S/C18H26N6S/c1-24(2)16-14-5-3-4-6-15(14)22-18(23-16)21-13-9-7-12(8-10-13)11-20-17(19)25/h3-6,12-13H,7-11H2,1-2H3,(H3,19,20,25)(H,21,22,23)/t12-,13+. The van der Waals surface area contributed by atoms with E-state index in [1.54, 1.807) is 0 Å². The molecule has 1 fully saturated rings. The topological polar surface area (TPSA) is 79.1 Å². The zero-order valence-electron chi connectivity index (χ0n) is 14.8. The van der Waals surface area contributed by atoms with E-state index in [0.29, 0.717) is 23.0 Å². The molecule has 1 heterocycles. The van der Waals surface area contributed by atoms with E-state index in [1.807, 2.05) is 37.2 Å². The summed E-state index contributed by atoms with van der Waals surface area (Å²) in [6, 6.07) is 8.55. The van der Waals surface area contributed by atoms with Crippen molar-refractivity contribution in [2.24, 2.45) is 11.7 Å². The van der Waals surface area contributed by atoms with Gasteiger partial charge < -0.3 is 21.3 Å². The molecule has 0 saturated heterocycles. The van der Waals surface area contributed by atoms with Gasteiger partial charge in [-0.3, -0.25) is 0 Å². The Bertz CT molecular complexity index is 739. The van der Waals surface area contributed by atoms with Crippen LogP contribution in [0.3, 0.4) is 0 Å². The van der Waals surface area contributed by atoms with Crippen molar-refractivity contribution in [1.29, 1.82) is 0 Å². The van der Waals surface area contributed by atoms with Crippen LogP contribution >= 0.6 is 12.2 Å². The first kappa shape index (κ1) is 17.7. The SMILES string of the molecule is CN(C)c1nc(N[C@H]2CC[C@@H](CNC(N)=S)CC2)nc2ccccc12. The number of nitrogens with zero attached hydrogens (tertiary/aromatic N) is 3. The Morgan fingerprint density at radius 3 is 2.60 bits per heavy atom. The molecule has 0 amide bonds. The molecule has 0 atom stereocenters.